The van der Waals surface area contributed by atoms with Crippen molar-refractivity contribution in [2.75, 3.05) is 0 Å². The van der Waals surface area contributed by atoms with Crippen LogP contribution >= 0.6 is 0 Å². The predicted octanol–water partition coefficient (Wildman–Crippen LogP) is 4.42. The first-order chi connectivity index (χ1) is 11.6. The Kier molecular flexibility index (Phi) is 5.93. The Hall–Kier alpha value is -0.940. The van der Waals surface area contributed by atoms with Crippen molar-refractivity contribution in [2.24, 2.45) is 0 Å². The number of hydrogen-bond donors (Lipinski definition) is 0. The molecule has 0 N–H and O–H groups in total. The second-order valence-corrected chi connectivity index (χ2v) is 7.28. The van der Waals surface area contributed by atoms with E-state index in [1.165, 1.54) is 24.8 Å². The average Bonchev–Trinajstić information content (AvgIpc) is 3.05. The summed E-state index contributed by atoms with van der Waals surface area (Å²) in [5, 5.41) is 0. The molecule has 0 amide bonds. The first kappa shape index (κ1) is 17.9. The summed E-state index contributed by atoms with van der Waals surface area (Å²) in [5.41, 5.74) is 1.20. The molecule has 1 aromatic carbocycles. The molecular formula is C20H30O4. The van der Waals surface area contributed by atoms with Crippen molar-refractivity contribution in [1.29, 1.82) is 0 Å². The number of benzene rings is 1. The molecule has 0 aliphatic carbocycles. The fourth-order valence-electron chi connectivity index (χ4n) is 3.52. The van der Waals surface area contributed by atoms with Crippen LogP contribution in [-0.4, -0.2) is 30.4 Å². The quantitative estimate of drug-likeness (QED) is 0.660. The van der Waals surface area contributed by atoms with Gasteiger partial charge in [-0.2, -0.15) is 0 Å². The summed E-state index contributed by atoms with van der Waals surface area (Å²) >= 11 is 0. The number of hydrogen-bond acceptors (Lipinski definition) is 4. The maximum absolute atomic E-state index is 6.24. The maximum Gasteiger partial charge on any atom is 0.187 e. The third kappa shape index (κ3) is 4.57. The molecule has 2 heterocycles. The van der Waals surface area contributed by atoms with E-state index in [4.69, 9.17) is 18.9 Å². The Morgan fingerprint density at radius 2 is 1.96 bits per heavy atom. The van der Waals surface area contributed by atoms with Crippen molar-refractivity contribution in [3.05, 3.63) is 35.9 Å². The minimum absolute atomic E-state index is 0.0269. The van der Waals surface area contributed by atoms with Crippen LogP contribution in [0.2, 0.25) is 0 Å². The Bertz CT molecular complexity index is 486. The molecule has 2 fully saturated rings. The van der Waals surface area contributed by atoms with Crippen molar-refractivity contribution in [1.82, 2.24) is 0 Å². The summed E-state index contributed by atoms with van der Waals surface area (Å²) in [6, 6.07) is 10.3. The van der Waals surface area contributed by atoms with Crippen molar-refractivity contribution >= 4 is 0 Å². The smallest absolute Gasteiger partial charge is 0.187 e. The van der Waals surface area contributed by atoms with Gasteiger partial charge in [0, 0.05) is 6.42 Å². The molecule has 24 heavy (non-hydrogen) atoms. The topological polar surface area (TPSA) is 36.9 Å². The van der Waals surface area contributed by atoms with Crippen LogP contribution in [0, 0.1) is 0 Å². The largest absolute Gasteiger partial charge is 0.371 e. The summed E-state index contributed by atoms with van der Waals surface area (Å²) in [5.74, 6) is -0.539. The summed E-state index contributed by atoms with van der Waals surface area (Å²) in [6.07, 6.45) is 5.40. The highest BCUT2D eigenvalue weighted by Crippen LogP contribution is 2.39. The molecule has 0 bridgehead atoms. The summed E-state index contributed by atoms with van der Waals surface area (Å²) in [4.78, 5) is 0. The van der Waals surface area contributed by atoms with Gasteiger partial charge in [-0.25, -0.2) is 0 Å². The Balaban J connectivity index is 1.56. The van der Waals surface area contributed by atoms with E-state index in [9.17, 15) is 0 Å². The van der Waals surface area contributed by atoms with Gasteiger partial charge >= 0.3 is 0 Å². The molecule has 3 rings (SSSR count). The number of rotatable bonds is 8. The third-order valence-electron chi connectivity index (χ3n) is 4.73. The van der Waals surface area contributed by atoms with E-state index in [2.05, 4.69) is 19.1 Å². The van der Waals surface area contributed by atoms with Crippen LogP contribution in [0.4, 0.5) is 0 Å². The zero-order chi connectivity index (χ0) is 17.0. The molecule has 2 aliphatic heterocycles. The summed E-state index contributed by atoms with van der Waals surface area (Å²) in [6.45, 7) is 6.72. The molecule has 0 spiro atoms. The van der Waals surface area contributed by atoms with Crippen molar-refractivity contribution in [3.63, 3.8) is 0 Å². The molecule has 134 valence electrons. The van der Waals surface area contributed by atoms with Gasteiger partial charge in [-0.15, -0.1) is 0 Å². The Morgan fingerprint density at radius 3 is 2.67 bits per heavy atom. The third-order valence-corrected chi connectivity index (χ3v) is 4.73. The van der Waals surface area contributed by atoms with Crippen LogP contribution in [-0.2, 0) is 25.6 Å². The average molecular weight is 334 g/mol. The van der Waals surface area contributed by atoms with Crippen LogP contribution < -0.4 is 0 Å². The molecule has 1 aromatic rings. The fraction of sp³-hybridized carbons (Fsp3) is 0.700. The lowest BCUT2D eigenvalue weighted by molar-refractivity contribution is -0.218. The molecule has 1 unspecified atom stereocenters. The van der Waals surface area contributed by atoms with E-state index in [0.717, 1.165) is 12.8 Å². The molecular weight excluding hydrogens is 304 g/mol. The lowest BCUT2D eigenvalue weighted by atomic mass is 10.0. The van der Waals surface area contributed by atoms with Gasteiger partial charge in [0.15, 0.2) is 12.1 Å². The van der Waals surface area contributed by atoms with Crippen molar-refractivity contribution < 1.29 is 18.9 Å². The highest BCUT2D eigenvalue weighted by Gasteiger charge is 2.50. The summed E-state index contributed by atoms with van der Waals surface area (Å²) in [7, 11) is 0. The Labute approximate surface area is 145 Å². The number of fused-ring (bicyclic) bond motifs is 1. The molecule has 2 aliphatic rings. The zero-order valence-electron chi connectivity index (χ0n) is 15.1. The second kappa shape index (κ2) is 7.96. The maximum atomic E-state index is 6.24. The van der Waals surface area contributed by atoms with Gasteiger partial charge in [-0.3, -0.25) is 0 Å². The lowest BCUT2D eigenvalue weighted by Crippen LogP contribution is -2.32. The lowest BCUT2D eigenvalue weighted by Gasteiger charge is -2.26. The highest BCUT2D eigenvalue weighted by atomic mass is 16.8. The van der Waals surface area contributed by atoms with Crippen LogP contribution in [0.15, 0.2) is 30.3 Å². The van der Waals surface area contributed by atoms with Gasteiger partial charge in [0.2, 0.25) is 0 Å². The van der Waals surface area contributed by atoms with Crippen molar-refractivity contribution in [3.8, 4) is 0 Å². The Morgan fingerprint density at radius 1 is 1.17 bits per heavy atom. The predicted molar refractivity (Wildman–Crippen MR) is 92.5 cm³/mol. The van der Waals surface area contributed by atoms with E-state index < -0.39 is 5.79 Å². The van der Waals surface area contributed by atoms with Crippen LogP contribution in [0.25, 0.3) is 0 Å². The highest BCUT2D eigenvalue weighted by molar-refractivity contribution is 5.13. The van der Waals surface area contributed by atoms with Crippen LogP contribution in [0.5, 0.6) is 0 Å². The van der Waals surface area contributed by atoms with Gasteiger partial charge in [0.05, 0.1) is 18.8 Å². The minimum atomic E-state index is -0.539. The van der Waals surface area contributed by atoms with Crippen molar-refractivity contribution in [2.45, 2.75) is 89.9 Å². The van der Waals surface area contributed by atoms with Crippen LogP contribution in [0.3, 0.4) is 0 Å². The molecule has 0 aromatic heterocycles. The molecule has 0 saturated carbocycles. The van der Waals surface area contributed by atoms with E-state index in [-0.39, 0.29) is 24.6 Å². The standard InChI is InChI=1S/C20H30O4/c1-4-5-7-12-16(21-14-15-10-8-6-9-11-15)17-13-18-19(22-17)24-20(2,3)23-18/h6,8-11,16-19H,4-5,7,12-14H2,1-3H3/t16-,17+,18+,19?/m0/s1. The van der Waals surface area contributed by atoms with Gasteiger partial charge in [-0.05, 0) is 25.8 Å². The molecule has 2 saturated heterocycles. The first-order valence-corrected chi connectivity index (χ1v) is 9.24. The SMILES string of the molecule is CCCCC[C@H](OCc1ccccc1)[C@H]1C[C@H]2OC(C)(C)OC2O1. The van der Waals surface area contributed by atoms with Gasteiger partial charge in [0.25, 0.3) is 0 Å². The van der Waals surface area contributed by atoms with Gasteiger partial charge in [0.1, 0.15) is 6.10 Å². The number of unbranched alkanes of at least 4 members (excludes halogenated alkanes) is 2. The molecule has 4 heteroatoms. The fourth-order valence-corrected chi connectivity index (χ4v) is 3.52. The molecule has 4 atom stereocenters. The minimum Gasteiger partial charge on any atom is -0.371 e. The normalized spacial score (nSPS) is 29.5. The summed E-state index contributed by atoms with van der Waals surface area (Å²) < 4.78 is 24.2. The van der Waals surface area contributed by atoms with E-state index in [0.29, 0.717) is 6.61 Å². The monoisotopic (exact) mass is 334 g/mol. The van der Waals surface area contributed by atoms with E-state index in [1.807, 2.05) is 32.0 Å². The molecule has 0 radical (unpaired) electrons. The van der Waals surface area contributed by atoms with Gasteiger partial charge in [-0.1, -0.05) is 56.5 Å². The first-order valence-electron chi connectivity index (χ1n) is 9.24. The number of ether oxygens (including phenoxy) is 4. The second-order valence-electron chi connectivity index (χ2n) is 7.28. The molecule has 4 nitrogen and oxygen atoms in total. The zero-order valence-corrected chi connectivity index (χ0v) is 15.1. The van der Waals surface area contributed by atoms with E-state index >= 15 is 0 Å². The van der Waals surface area contributed by atoms with Crippen LogP contribution in [0.1, 0.15) is 58.4 Å². The van der Waals surface area contributed by atoms with E-state index in [1.54, 1.807) is 0 Å². The van der Waals surface area contributed by atoms with Gasteiger partial charge < -0.3 is 18.9 Å².